The van der Waals surface area contributed by atoms with Crippen molar-refractivity contribution in [3.63, 3.8) is 0 Å². The van der Waals surface area contributed by atoms with Crippen molar-refractivity contribution in [3.8, 4) is 0 Å². The largest absolute Gasteiger partial charge is 0.298 e. The van der Waals surface area contributed by atoms with Crippen LogP contribution in [-0.4, -0.2) is 16.8 Å². The second kappa shape index (κ2) is 8.69. The maximum Gasteiger partial charge on any atom is 0.154 e. The first-order valence-electron chi connectivity index (χ1n) is 13.5. The molecule has 3 unspecified atom stereocenters. The van der Waals surface area contributed by atoms with E-state index in [9.17, 15) is 9.18 Å². The van der Waals surface area contributed by atoms with E-state index in [4.69, 9.17) is 11.6 Å². The Bertz CT molecular complexity index is 747. The molecule has 0 aromatic heterocycles. The van der Waals surface area contributed by atoms with E-state index in [1.807, 2.05) is 0 Å². The molecule has 0 radical (unpaired) electrons. The highest BCUT2D eigenvalue weighted by molar-refractivity contribution is 6.36. The summed E-state index contributed by atoms with van der Waals surface area (Å²) in [5, 5.41) is 0. The van der Waals surface area contributed by atoms with Crippen molar-refractivity contribution in [2.75, 3.05) is 0 Å². The minimum Gasteiger partial charge on any atom is -0.298 e. The second-order valence-electron chi connectivity index (χ2n) is 12.9. The molecule has 0 heterocycles. The lowest BCUT2D eigenvalue weighted by atomic mass is 9.44. The molecule has 0 aromatic rings. The molecule has 1 nitrogen and oxygen atoms in total. The molecule has 0 bridgehead atoms. The number of carbonyl (C=O) groups is 1. The van der Waals surface area contributed by atoms with Crippen LogP contribution in [0.3, 0.4) is 0 Å². The minimum atomic E-state index is -0.973. The number of fused-ring (bicyclic) bond motifs is 5. The molecule has 4 fully saturated rings. The van der Waals surface area contributed by atoms with Crippen molar-refractivity contribution in [2.24, 2.45) is 52.3 Å². The lowest BCUT2D eigenvalue weighted by molar-refractivity contribution is -0.152. The normalized spacial score (nSPS) is 48.4. The van der Waals surface area contributed by atoms with Gasteiger partial charge in [-0.2, -0.15) is 0 Å². The van der Waals surface area contributed by atoms with Gasteiger partial charge in [-0.1, -0.05) is 53.7 Å². The SMILES string of the molecule is CC[C@H](/C=C/[C@@H](C)[C@H]1CCC2C3CC(=O)[C@@]4(Cl)C[C@@H](F)CC[C@]4(C)C3CC[C@@]21C)C(C)C. The quantitative estimate of drug-likeness (QED) is 0.295. The first-order chi connectivity index (χ1) is 15.0. The van der Waals surface area contributed by atoms with Gasteiger partial charge in [0.05, 0.1) is 0 Å². The van der Waals surface area contributed by atoms with Crippen LogP contribution in [0.25, 0.3) is 0 Å². The van der Waals surface area contributed by atoms with Crippen LogP contribution in [0.1, 0.15) is 99.3 Å². The lowest BCUT2D eigenvalue weighted by Gasteiger charge is -2.62. The van der Waals surface area contributed by atoms with Crippen LogP contribution in [0.4, 0.5) is 4.39 Å². The Morgan fingerprint density at radius 3 is 2.44 bits per heavy atom. The van der Waals surface area contributed by atoms with Crippen LogP contribution in [-0.2, 0) is 4.79 Å². The van der Waals surface area contributed by atoms with Crippen LogP contribution >= 0.6 is 11.6 Å². The first kappa shape index (κ1) is 24.7. The number of hydrogen-bond acceptors (Lipinski definition) is 1. The molecule has 0 aliphatic heterocycles. The second-order valence-corrected chi connectivity index (χ2v) is 13.5. The van der Waals surface area contributed by atoms with Gasteiger partial charge in [-0.3, -0.25) is 4.79 Å². The highest BCUT2D eigenvalue weighted by atomic mass is 35.5. The monoisotopic (exact) mass is 464 g/mol. The van der Waals surface area contributed by atoms with Gasteiger partial charge in [-0.15, -0.1) is 11.6 Å². The molecule has 10 atom stereocenters. The topological polar surface area (TPSA) is 17.1 Å². The Labute approximate surface area is 201 Å². The van der Waals surface area contributed by atoms with E-state index >= 15 is 0 Å². The Morgan fingerprint density at radius 2 is 1.78 bits per heavy atom. The van der Waals surface area contributed by atoms with Crippen molar-refractivity contribution >= 4 is 17.4 Å². The maximum absolute atomic E-state index is 14.3. The average Bonchev–Trinajstić information content (AvgIpc) is 3.08. The zero-order chi connectivity index (χ0) is 23.5. The molecule has 4 rings (SSSR count). The molecule has 4 aliphatic carbocycles. The third kappa shape index (κ3) is 3.64. The molecule has 0 amide bonds. The van der Waals surface area contributed by atoms with E-state index in [-0.39, 0.29) is 17.6 Å². The molecular formula is C29H46ClFO. The molecule has 4 aliphatic rings. The summed E-state index contributed by atoms with van der Waals surface area (Å²) in [6, 6.07) is 0. The third-order valence-electron chi connectivity index (χ3n) is 11.2. The Balaban J connectivity index is 1.56. The van der Waals surface area contributed by atoms with Gasteiger partial charge < -0.3 is 0 Å². The molecular weight excluding hydrogens is 419 g/mol. The Hall–Kier alpha value is -0.370. The van der Waals surface area contributed by atoms with E-state index in [1.165, 1.54) is 25.7 Å². The van der Waals surface area contributed by atoms with Crippen molar-refractivity contribution in [3.05, 3.63) is 12.2 Å². The summed E-state index contributed by atoms with van der Waals surface area (Å²) in [6.07, 6.45) is 12.3. The summed E-state index contributed by atoms with van der Waals surface area (Å²) < 4.78 is 14.3. The zero-order valence-corrected chi connectivity index (χ0v) is 22.1. The fourth-order valence-corrected chi connectivity index (χ4v) is 9.61. The highest BCUT2D eigenvalue weighted by Gasteiger charge is 2.67. The molecule has 182 valence electrons. The number of hydrogen-bond donors (Lipinski definition) is 0. The molecule has 0 saturated heterocycles. The summed E-state index contributed by atoms with van der Waals surface area (Å²) in [4.78, 5) is 12.5. The number of carbonyl (C=O) groups excluding carboxylic acids is 1. The van der Waals surface area contributed by atoms with Crippen LogP contribution in [0.15, 0.2) is 12.2 Å². The van der Waals surface area contributed by atoms with Crippen LogP contribution in [0, 0.1) is 52.3 Å². The van der Waals surface area contributed by atoms with Gasteiger partial charge in [0.1, 0.15) is 11.0 Å². The highest BCUT2D eigenvalue weighted by Crippen LogP contribution is 2.69. The smallest absolute Gasteiger partial charge is 0.154 e. The van der Waals surface area contributed by atoms with E-state index in [1.54, 1.807) is 0 Å². The Kier molecular flexibility index (Phi) is 6.72. The maximum atomic E-state index is 14.3. The van der Waals surface area contributed by atoms with E-state index in [2.05, 4.69) is 53.7 Å². The first-order valence-corrected chi connectivity index (χ1v) is 13.9. The van der Waals surface area contributed by atoms with Crippen molar-refractivity contribution in [2.45, 2.75) is 110 Å². The number of alkyl halides is 2. The van der Waals surface area contributed by atoms with E-state index in [0.717, 1.165) is 12.8 Å². The van der Waals surface area contributed by atoms with E-state index in [0.29, 0.717) is 59.7 Å². The lowest BCUT2D eigenvalue weighted by Crippen LogP contribution is -2.64. The van der Waals surface area contributed by atoms with Crippen molar-refractivity contribution < 1.29 is 9.18 Å². The summed E-state index contributed by atoms with van der Waals surface area (Å²) in [5.41, 5.74) is 0.0679. The van der Waals surface area contributed by atoms with Crippen LogP contribution in [0.2, 0.25) is 0 Å². The number of ketones is 1. The fraction of sp³-hybridized carbons (Fsp3) is 0.897. The van der Waals surface area contributed by atoms with Gasteiger partial charge in [0.15, 0.2) is 5.78 Å². The predicted molar refractivity (Wildman–Crippen MR) is 133 cm³/mol. The number of allylic oxidation sites excluding steroid dienone is 2. The standard InChI is InChI=1S/C29H46ClFO/c1-7-20(18(2)3)9-8-19(4)23-10-11-24-22-16-26(32)29(30)17-21(31)12-15-28(29,6)25(22)13-14-27(23,24)5/h8-9,18-25H,7,10-17H2,1-6H3/b9-8+/t19-,20-,21+,22?,23-,24?,25?,27-,28-,29+/m1/s1. The summed E-state index contributed by atoms with van der Waals surface area (Å²) in [6.45, 7) is 14.1. The minimum absolute atomic E-state index is 0.147. The Morgan fingerprint density at radius 1 is 1.06 bits per heavy atom. The average molecular weight is 465 g/mol. The molecule has 32 heavy (non-hydrogen) atoms. The van der Waals surface area contributed by atoms with Gasteiger partial charge in [-0.25, -0.2) is 4.39 Å². The predicted octanol–water partition coefficient (Wildman–Crippen LogP) is 8.40. The number of Topliss-reactive ketones (excluding diaryl/α,β-unsaturated/α-hetero) is 1. The summed E-state index contributed by atoms with van der Waals surface area (Å²) in [7, 11) is 0. The number of rotatable bonds is 5. The number of halogens is 2. The van der Waals surface area contributed by atoms with Gasteiger partial charge in [0, 0.05) is 12.8 Å². The van der Waals surface area contributed by atoms with Crippen LogP contribution in [0.5, 0.6) is 0 Å². The molecule has 0 spiro atoms. The van der Waals surface area contributed by atoms with Crippen molar-refractivity contribution in [1.29, 1.82) is 0 Å². The zero-order valence-electron chi connectivity index (χ0n) is 21.3. The third-order valence-corrected chi connectivity index (χ3v) is 12.0. The van der Waals surface area contributed by atoms with Gasteiger partial charge in [0.2, 0.25) is 0 Å². The molecule has 4 saturated carbocycles. The van der Waals surface area contributed by atoms with Crippen LogP contribution < -0.4 is 0 Å². The van der Waals surface area contributed by atoms with Gasteiger partial charge >= 0.3 is 0 Å². The molecule has 0 N–H and O–H groups in total. The van der Waals surface area contributed by atoms with Crippen molar-refractivity contribution in [1.82, 2.24) is 0 Å². The van der Waals surface area contributed by atoms with Gasteiger partial charge in [0.25, 0.3) is 0 Å². The summed E-state index contributed by atoms with van der Waals surface area (Å²) in [5.74, 6) is 4.30. The van der Waals surface area contributed by atoms with Gasteiger partial charge in [-0.05, 0) is 97.2 Å². The van der Waals surface area contributed by atoms with E-state index < -0.39 is 11.0 Å². The molecule has 3 heteroatoms. The fourth-order valence-electron chi connectivity index (χ4n) is 9.13. The molecule has 0 aromatic carbocycles. The summed E-state index contributed by atoms with van der Waals surface area (Å²) >= 11 is 7.05.